The highest BCUT2D eigenvalue weighted by molar-refractivity contribution is 5.47. The Morgan fingerprint density at radius 1 is 1.05 bits per heavy atom. The Bertz CT molecular complexity index is 348. The Kier molecular flexibility index (Phi) is 6.89. The summed E-state index contributed by atoms with van der Waals surface area (Å²) in [6.07, 6.45) is 1.60. The monoisotopic (exact) mass is 264 g/mol. The first-order chi connectivity index (χ1) is 9.08. The van der Waals surface area contributed by atoms with Gasteiger partial charge in [0.05, 0.1) is 6.10 Å². The lowest BCUT2D eigenvalue weighted by molar-refractivity contribution is 0.173. The van der Waals surface area contributed by atoms with Gasteiger partial charge in [0.1, 0.15) is 0 Å². The van der Waals surface area contributed by atoms with Crippen LogP contribution in [0, 0.1) is 0 Å². The van der Waals surface area contributed by atoms with Gasteiger partial charge >= 0.3 is 0 Å². The largest absolute Gasteiger partial charge is 0.388 e. The number of hydrogen-bond donors (Lipinski definition) is 1. The highest BCUT2D eigenvalue weighted by atomic mass is 16.3. The minimum absolute atomic E-state index is 0.335. The van der Waals surface area contributed by atoms with Crippen molar-refractivity contribution < 1.29 is 5.11 Å². The summed E-state index contributed by atoms with van der Waals surface area (Å²) in [6, 6.07) is 8.32. The first-order valence-electron chi connectivity index (χ1n) is 7.26. The van der Waals surface area contributed by atoms with Crippen molar-refractivity contribution in [3.63, 3.8) is 0 Å². The number of nitrogens with zero attached hydrogens (tertiary/aromatic N) is 2. The number of anilines is 1. The van der Waals surface area contributed by atoms with E-state index in [2.05, 4.69) is 43.0 Å². The number of aliphatic hydroxyl groups excluding tert-OH is 1. The Labute approximate surface area is 117 Å². The maximum atomic E-state index is 9.80. The van der Waals surface area contributed by atoms with Crippen molar-refractivity contribution in [2.24, 2.45) is 0 Å². The molecule has 1 aromatic rings. The van der Waals surface area contributed by atoms with Crippen molar-refractivity contribution in [3.8, 4) is 0 Å². The molecule has 3 nitrogen and oxygen atoms in total. The molecule has 0 aliphatic rings. The molecule has 0 aromatic heterocycles. The summed E-state index contributed by atoms with van der Waals surface area (Å²) in [7, 11) is 4.22. The summed E-state index contributed by atoms with van der Waals surface area (Å²) in [6.45, 7) is 7.39. The third kappa shape index (κ3) is 5.21. The van der Waals surface area contributed by atoms with Crippen molar-refractivity contribution in [2.45, 2.75) is 32.8 Å². The van der Waals surface area contributed by atoms with E-state index in [-0.39, 0.29) is 6.10 Å². The van der Waals surface area contributed by atoms with Gasteiger partial charge in [-0.3, -0.25) is 0 Å². The summed E-state index contributed by atoms with van der Waals surface area (Å²) < 4.78 is 0. The molecule has 1 aromatic carbocycles. The number of rotatable bonds is 8. The molecule has 0 bridgehead atoms. The lowest BCUT2D eigenvalue weighted by Gasteiger charge is -2.24. The van der Waals surface area contributed by atoms with Gasteiger partial charge in [-0.25, -0.2) is 0 Å². The predicted molar refractivity (Wildman–Crippen MR) is 82.8 cm³/mol. The average molecular weight is 264 g/mol. The topological polar surface area (TPSA) is 26.7 Å². The molecule has 3 heteroatoms. The second kappa shape index (κ2) is 8.18. The smallest absolute Gasteiger partial charge is 0.0787 e. The van der Waals surface area contributed by atoms with Gasteiger partial charge in [0.25, 0.3) is 0 Å². The second-order valence-electron chi connectivity index (χ2n) is 5.25. The van der Waals surface area contributed by atoms with Crippen molar-refractivity contribution in [3.05, 3.63) is 29.8 Å². The maximum absolute atomic E-state index is 9.80. The van der Waals surface area contributed by atoms with Gasteiger partial charge < -0.3 is 14.9 Å². The lowest BCUT2D eigenvalue weighted by Crippen LogP contribution is -2.26. The second-order valence-corrected chi connectivity index (χ2v) is 5.25. The molecule has 1 atom stereocenters. The fourth-order valence-corrected chi connectivity index (χ4v) is 2.19. The third-order valence-corrected chi connectivity index (χ3v) is 3.44. The van der Waals surface area contributed by atoms with Crippen molar-refractivity contribution in [1.29, 1.82) is 0 Å². The molecule has 0 saturated heterocycles. The van der Waals surface area contributed by atoms with E-state index in [1.54, 1.807) is 0 Å². The first kappa shape index (κ1) is 16.0. The van der Waals surface area contributed by atoms with E-state index < -0.39 is 0 Å². The predicted octanol–water partition coefficient (Wildman–Crippen LogP) is 2.91. The summed E-state index contributed by atoms with van der Waals surface area (Å²) in [5.74, 6) is 0. The van der Waals surface area contributed by atoms with Crippen LogP contribution in [0.5, 0.6) is 0 Å². The van der Waals surface area contributed by atoms with E-state index >= 15 is 0 Å². The van der Waals surface area contributed by atoms with Crippen LogP contribution in [-0.4, -0.2) is 43.7 Å². The normalized spacial score (nSPS) is 12.7. The van der Waals surface area contributed by atoms with Crippen LogP contribution < -0.4 is 4.90 Å². The van der Waals surface area contributed by atoms with Crippen LogP contribution in [0.15, 0.2) is 24.3 Å². The van der Waals surface area contributed by atoms with Crippen molar-refractivity contribution in [2.75, 3.05) is 38.6 Å². The van der Waals surface area contributed by atoms with E-state index in [1.165, 1.54) is 12.1 Å². The minimum Gasteiger partial charge on any atom is -0.388 e. The van der Waals surface area contributed by atoms with Gasteiger partial charge in [0.15, 0.2) is 0 Å². The van der Waals surface area contributed by atoms with Crippen molar-refractivity contribution >= 4 is 5.69 Å². The van der Waals surface area contributed by atoms with E-state index in [4.69, 9.17) is 0 Å². The molecule has 1 N–H and O–H groups in total. The molecule has 0 spiro atoms. The molecule has 0 saturated carbocycles. The van der Waals surface area contributed by atoms with Crippen molar-refractivity contribution in [1.82, 2.24) is 4.90 Å². The summed E-state index contributed by atoms with van der Waals surface area (Å²) in [5, 5.41) is 9.80. The zero-order chi connectivity index (χ0) is 14.3. The minimum atomic E-state index is -0.335. The average Bonchev–Trinajstić information content (AvgIpc) is 2.43. The van der Waals surface area contributed by atoms with Crippen LogP contribution in [-0.2, 0) is 0 Å². The SMILES string of the molecule is CC[C@@H](O)c1ccc(N(CC)CCCN(C)C)cc1. The van der Waals surface area contributed by atoms with Gasteiger partial charge in [0.2, 0.25) is 0 Å². The van der Waals surface area contributed by atoms with E-state index in [1.807, 2.05) is 19.1 Å². The van der Waals surface area contributed by atoms with Crippen LogP contribution >= 0.6 is 0 Å². The molecule has 108 valence electrons. The molecule has 0 aliphatic heterocycles. The van der Waals surface area contributed by atoms with Gasteiger partial charge in [0, 0.05) is 18.8 Å². The number of hydrogen-bond acceptors (Lipinski definition) is 3. The molecule has 0 heterocycles. The Morgan fingerprint density at radius 3 is 2.16 bits per heavy atom. The van der Waals surface area contributed by atoms with Gasteiger partial charge in [-0.15, -0.1) is 0 Å². The van der Waals surface area contributed by atoms with Crippen LogP contribution in [0.25, 0.3) is 0 Å². The standard InChI is InChI=1S/C16H28N2O/c1-5-16(19)14-8-10-15(11-9-14)18(6-2)13-7-12-17(3)4/h8-11,16,19H,5-7,12-13H2,1-4H3/t16-/m1/s1. The van der Waals surface area contributed by atoms with Gasteiger partial charge in [-0.05, 0) is 58.1 Å². The highest BCUT2D eigenvalue weighted by Crippen LogP contribution is 2.21. The molecular formula is C16H28N2O. The molecule has 0 unspecified atom stereocenters. The van der Waals surface area contributed by atoms with E-state index in [0.29, 0.717) is 0 Å². The maximum Gasteiger partial charge on any atom is 0.0787 e. The summed E-state index contributed by atoms with van der Waals surface area (Å²) in [4.78, 5) is 4.60. The molecule has 0 amide bonds. The fraction of sp³-hybridized carbons (Fsp3) is 0.625. The highest BCUT2D eigenvalue weighted by Gasteiger charge is 2.07. The summed E-state index contributed by atoms with van der Waals surface area (Å²) >= 11 is 0. The molecule has 19 heavy (non-hydrogen) atoms. The molecular weight excluding hydrogens is 236 g/mol. The Morgan fingerprint density at radius 2 is 1.68 bits per heavy atom. The van der Waals surface area contributed by atoms with E-state index in [9.17, 15) is 5.11 Å². The zero-order valence-electron chi connectivity index (χ0n) is 12.8. The van der Waals surface area contributed by atoms with Crippen LogP contribution in [0.2, 0.25) is 0 Å². The quantitative estimate of drug-likeness (QED) is 0.782. The molecule has 0 radical (unpaired) electrons. The van der Waals surface area contributed by atoms with Crippen LogP contribution in [0.4, 0.5) is 5.69 Å². The molecule has 0 fully saturated rings. The third-order valence-electron chi connectivity index (χ3n) is 3.44. The summed E-state index contributed by atoms with van der Waals surface area (Å²) in [5.41, 5.74) is 2.25. The number of aliphatic hydroxyl groups is 1. The molecule has 0 aliphatic carbocycles. The Balaban J connectivity index is 2.60. The zero-order valence-corrected chi connectivity index (χ0v) is 12.8. The molecule has 1 rings (SSSR count). The lowest BCUT2D eigenvalue weighted by atomic mass is 10.1. The van der Waals surface area contributed by atoms with Gasteiger partial charge in [-0.1, -0.05) is 19.1 Å². The fourth-order valence-electron chi connectivity index (χ4n) is 2.19. The van der Waals surface area contributed by atoms with Gasteiger partial charge in [-0.2, -0.15) is 0 Å². The van der Waals surface area contributed by atoms with Crippen LogP contribution in [0.1, 0.15) is 38.4 Å². The Hall–Kier alpha value is -1.06. The van der Waals surface area contributed by atoms with E-state index in [0.717, 1.165) is 31.6 Å². The van der Waals surface area contributed by atoms with Crippen LogP contribution in [0.3, 0.4) is 0 Å². The first-order valence-corrected chi connectivity index (χ1v) is 7.26. The number of benzene rings is 1.